The first-order valence-electron chi connectivity index (χ1n) is 7.59. The third-order valence-electron chi connectivity index (χ3n) is 3.91. The number of benzene rings is 2. The smallest absolute Gasteiger partial charge is 0.278 e. The van der Waals surface area contributed by atoms with E-state index in [1.165, 1.54) is 15.9 Å². The number of aromatic nitrogens is 3. The molecule has 1 N–H and O–H groups in total. The van der Waals surface area contributed by atoms with Crippen molar-refractivity contribution in [1.29, 1.82) is 0 Å². The van der Waals surface area contributed by atoms with Crippen LogP contribution < -0.4 is 5.56 Å². The van der Waals surface area contributed by atoms with Gasteiger partial charge in [0.05, 0.1) is 5.69 Å². The zero-order valence-corrected chi connectivity index (χ0v) is 15.7. The van der Waals surface area contributed by atoms with Crippen molar-refractivity contribution in [3.8, 4) is 11.4 Å². The predicted octanol–water partition coefficient (Wildman–Crippen LogP) is 4.94. The van der Waals surface area contributed by atoms with E-state index in [-0.39, 0.29) is 5.56 Å². The molecule has 2 heterocycles. The highest BCUT2D eigenvalue weighted by Crippen LogP contribution is 2.23. The second kappa shape index (κ2) is 6.18. The van der Waals surface area contributed by atoms with Crippen molar-refractivity contribution in [2.24, 2.45) is 0 Å². The second-order valence-corrected chi connectivity index (χ2v) is 7.66. The van der Waals surface area contributed by atoms with Crippen LogP contribution in [0.4, 0.5) is 0 Å². The second-order valence-electron chi connectivity index (χ2n) is 5.63. The molecule has 4 nitrogen and oxygen atoms in total. The molecular weight excluding hydrogens is 370 g/mol. The molecule has 2 aromatic carbocycles. The minimum atomic E-state index is -0.157. The van der Waals surface area contributed by atoms with Crippen molar-refractivity contribution in [2.75, 3.05) is 0 Å². The molecule has 7 heteroatoms. The number of para-hydroxylation sites is 1. The highest BCUT2D eigenvalue weighted by atomic mass is 32.1. The molecule has 4 aromatic rings. The third kappa shape index (κ3) is 2.70. The molecule has 0 saturated carbocycles. The largest absolute Gasteiger partial charge is 0.316 e. The number of nitrogens with zero attached hydrogens (tertiary/aromatic N) is 2. The van der Waals surface area contributed by atoms with E-state index in [4.69, 9.17) is 24.4 Å². The molecule has 0 fully saturated rings. The lowest BCUT2D eigenvalue weighted by Gasteiger charge is -2.09. The van der Waals surface area contributed by atoms with E-state index in [1.807, 2.05) is 66.1 Å². The first-order valence-corrected chi connectivity index (χ1v) is 9.23. The molecule has 124 valence electrons. The standard InChI is InChI=1S/C18H13N3OS3/c1-11-6-5-9-13(10-11)21-16(22)14-15(19-17(21)23)20(18(24)25-14)12-7-3-2-4-8-12/h2-10H,1H3,(H,19,23). The van der Waals surface area contributed by atoms with Gasteiger partial charge in [-0.25, -0.2) is 0 Å². The van der Waals surface area contributed by atoms with Crippen molar-refractivity contribution in [1.82, 2.24) is 14.1 Å². The van der Waals surface area contributed by atoms with Crippen molar-refractivity contribution < 1.29 is 0 Å². The maximum atomic E-state index is 13.1. The van der Waals surface area contributed by atoms with Crippen LogP contribution in [-0.2, 0) is 0 Å². The fourth-order valence-corrected chi connectivity index (χ4v) is 4.41. The average molecular weight is 384 g/mol. The highest BCUT2D eigenvalue weighted by Gasteiger charge is 2.14. The normalized spacial score (nSPS) is 11.1. The fraction of sp³-hybridized carbons (Fsp3) is 0.0556. The molecule has 0 bridgehead atoms. The van der Waals surface area contributed by atoms with Gasteiger partial charge in [0, 0.05) is 5.69 Å². The van der Waals surface area contributed by atoms with Gasteiger partial charge >= 0.3 is 0 Å². The van der Waals surface area contributed by atoms with Gasteiger partial charge in [-0.15, -0.1) is 0 Å². The highest BCUT2D eigenvalue weighted by molar-refractivity contribution is 7.73. The maximum Gasteiger partial charge on any atom is 0.278 e. The summed E-state index contributed by atoms with van der Waals surface area (Å²) in [5, 5.41) is 0. The number of hydrogen-bond donors (Lipinski definition) is 1. The van der Waals surface area contributed by atoms with Gasteiger partial charge in [-0.1, -0.05) is 41.7 Å². The summed E-state index contributed by atoms with van der Waals surface area (Å²) in [5.41, 5.74) is 3.19. The summed E-state index contributed by atoms with van der Waals surface area (Å²) < 4.78 is 4.88. The lowest BCUT2D eigenvalue weighted by atomic mass is 10.2. The molecule has 0 saturated heterocycles. The number of aromatic amines is 1. The van der Waals surface area contributed by atoms with Crippen molar-refractivity contribution >= 4 is 46.1 Å². The zero-order valence-electron chi connectivity index (χ0n) is 13.2. The molecule has 0 atom stereocenters. The molecule has 0 spiro atoms. The van der Waals surface area contributed by atoms with Gasteiger partial charge in [0.2, 0.25) is 0 Å². The van der Waals surface area contributed by atoms with E-state index in [9.17, 15) is 4.79 Å². The Morgan fingerprint density at radius 1 is 0.960 bits per heavy atom. The number of thiazole rings is 1. The molecule has 25 heavy (non-hydrogen) atoms. The number of hydrogen-bond acceptors (Lipinski definition) is 4. The Kier molecular flexibility index (Phi) is 3.99. The summed E-state index contributed by atoms with van der Waals surface area (Å²) in [6.45, 7) is 1.98. The van der Waals surface area contributed by atoms with Crippen LogP contribution >= 0.6 is 35.8 Å². The quantitative estimate of drug-likeness (QED) is 0.499. The van der Waals surface area contributed by atoms with Crippen LogP contribution in [0.3, 0.4) is 0 Å². The first-order chi connectivity index (χ1) is 12.1. The SMILES string of the molecule is Cc1cccc(-n2c(=S)[nH]c3c(sc(=S)n3-c3ccccc3)c2=O)c1. The zero-order chi connectivity index (χ0) is 17.6. The number of aryl methyl sites for hydroxylation is 1. The number of H-pyrrole nitrogens is 1. The van der Waals surface area contributed by atoms with Crippen LogP contribution in [0.2, 0.25) is 0 Å². The van der Waals surface area contributed by atoms with Gasteiger partial charge < -0.3 is 4.98 Å². The minimum Gasteiger partial charge on any atom is -0.316 e. The molecule has 0 amide bonds. The Hall–Kier alpha value is -2.35. The van der Waals surface area contributed by atoms with Crippen molar-refractivity contribution in [2.45, 2.75) is 6.92 Å². The van der Waals surface area contributed by atoms with Gasteiger partial charge in [-0.05, 0) is 61.2 Å². The maximum absolute atomic E-state index is 13.1. The van der Waals surface area contributed by atoms with Crippen LogP contribution in [0.15, 0.2) is 59.4 Å². The molecule has 2 aromatic heterocycles. The summed E-state index contributed by atoms with van der Waals surface area (Å²) >= 11 is 12.3. The van der Waals surface area contributed by atoms with Gasteiger partial charge in [0.25, 0.3) is 5.56 Å². The van der Waals surface area contributed by atoms with Crippen LogP contribution in [0, 0.1) is 15.6 Å². The lowest BCUT2D eigenvalue weighted by Crippen LogP contribution is -2.20. The van der Waals surface area contributed by atoms with Crippen LogP contribution in [0.5, 0.6) is 0 Å². The van der Waals surface area contributed by atoms with E-state index in [0.29, 0.717) is 19.1 Å². The third-order valence-corrected chi connectivity index (χ3v) is 5.56. The van der Waals surface area contributed by atoms with Crippen LogP contribution in [0.1, 0.15) is 5.56 Å². The number of fused-ring (bicyclic) bond motifs is 1. The van der Waals surface area contributed by atoms with Gasteiger partial charge in [0.15, 0.2) is 8.73 Å². The Morgan fingerprint density at radius 3 is 2.40 bits per heavy atom. The van der Waals surface area contributed by atoms with E-state index < -0.39 is 0 Å². The summed E-state index contributed by atoms with van der Waals surface area (Å²) in [6.07, 6.45) is 0. The Bertz CT molecular complexity index is 1260. The fourth-order valence-electron chi connectivity index (χ4n) is 2.80. The topological polar surface area (TPSA) is 42.7 Å². The Morgan fingerprint density at radius 2 is 1.68 bits per heavy atom. The summed E-state index contributed by atoms with van der Waals surface area (Å²) in [6, 6.07) is 17.4. The first kappa shape index (κ1) is 16.1. The molecule has 0 aliphatic carbocycles. The van der Waals surface area contributed by atoms with Gasteiger partial charge in [0.1, 0.15) is 10.3 Å². The van der Waals surface area contributed by atoms with Crippen molar-refractivity contribution in [3.05, 3.63) is 79.2 Å². The Balaban J connectivity index is 2.08. The molecular formula is C18H13N3OS3. The molecule has 4 rings (SSSR count). The number of rotatable bonds is 2. The van der Waals surface area contributed by atoms with E-state index in [1.54, 1.807) is 0 Å². The van der Waals surface area contributed by atoms with Crippen LogP contribution in [-0.4, -0.2) is 14.1 Å². The van der Waals surface area contributed by atoms with E-state index in [2.05, 4.69) is 4.98 Å². The lowest BCUT2D eigenvalue weighted by molar-refractivity contribution is 0.926. The summed E-state index contributed by atoms with van der Waals surface area (Å²) in [7, 11) is 0. The monoisotopic (exact) mass is 383 g/mol. The minimum absolute atomic E-state index is 0.157. The summed E-state index contributed by atoms with van der Waals surface area (Å²) in [4.78, 5) is 16.3. The van der Waals surface area contributed by atoms with E-state index >= 15 is 0 Å². The molecule has 0 aliphatic heterocycles. The average Bonchev–Trinajstić information content (AvgIpc) is 2.92. The van der Waals surface area contributed by atoms with E-state index in [0.717, 1.165) is 16.9 Å². The molecule has 0 unspecified atom stereocenters. The molecule has 0 aliphatic rings. The van der Waals surface area contributed by atoms with Gasteiger partial charge in [-0.2, -0.15) is 0 Å². The van der Waals surface area contributed by atoms with Crippen LogP contribution in [0.25, 0.3) is 21.7 Å². The number of nitrogens with one attached hydrogen (secondary N) is 1. The predicted molar refractivity (Wildman–Crippen MR) is 108 cm³/mol. The summed E-state index contributed by atoms with van der Waals surface area (Å²) in [5.74, 6) is 0. The van der Waals surface area contributed by atoms with Crippen molar-refractivity contribution in [3.63, 3.8) is 0 Å². The van der Waals surface area contributed by atoms with Gasteiger partial charge in [-0.3, -0.25) is 13.9 Å². The molecule has 0 radical (unpaired) electrons. The Labute approximate surface area is 157 Å².